The minimum atomic E-state index is 0.384. The molecule has 1 N–H and O–H groups in total. The van der Waals surface area contributed by atoms with E-state index in [1.54, 1.807) is 0 Å². The van der Waals surface area contributed by atoms with E-state index in [-0.39, 0.29) is 0 Å². The summed E-state index contributed by atoms with van der Waals surface area (Å²) in [5, 5.41) is 10.2. The second-order valence-electron chi connectivity index (χ2n) is 6.57. The van der Waals surface area contributed by atoms with Crippen LogP contribution in [0.3, 0.4) is 0 Å². The van der Waals surface area contributed by atoms with E-state index in [1.807, 2.05) is 12.1 Å². The van der Waals surface area contributed by atoms with Crippen LogP contribution in [0.2, 0.25) is 0 Å². The molecule has 1 saturated carbocycles. The van der Waals surface area contributed by atoms with E-state index in [0.717, 1.165) is 5.92 Å². The van der Waals surface area contributed by atoms with Crippen LogP contribution in [-0.2, 0) is 5.41 Å². The SMILES string of the molecule is CN1CC[C@@]23CC[C@@H](C[C@@H]2C1)c1c(O)cccc13. The summed E-state index contributed by atoms with van der Waals surface area (Å²) in [5.41, 5.74) is 3.17. The number of hydrogen-bond donors (Lipinski definition) is 1. The zero-order valence-electron chi connectivity index (χ0n) is 11.0. The minimum absolute atomic E-state index is 0.384. The van der Waals surface area contributed by atoms with Gasteiger partial charge in [0.1, 0.15) is 5.75 Å². The molecule has 18 heavy (non-hydrogen) atoms. The number of phenolic OH excluding ortho intramolecular Hbond substituents is 1. The zero-order chi connectivity index (χ0) is 12.3. The Morgan fingerprint density at radius 2 is 2.22 bits per heavy atom. The van der Waals surface area contributed by atoms with Crippen LogP contribution < -0.4 is 0 Å². The van der Waals surface area contributed by atoms with Gasteiger partial charge in [-0.3, -0.25) is 0 Å². The maximum Gasteiger partial charge on any atom is 0.119 e. The predicted molar refractivity (Wildman–Crippen MR) is 72.0 cm³/mol. The van der Waals surface area contributed by atoms with E-state index in [0.29, 0.717) is 17.1 Å². The van der Waals surface area contributed by atoms with Crippen LogP contribution in [0.15, 0.2) is 18.2 Å². The maximum absolute atomic E-state index is 10.2. The van der Waals surface area contributed by atoms with Gasteiger partial charge in [0, 0.05) is 17.5 Å². The van der Waals surface area contributed by atoms with Gasteiger partial charge in [-0.1, -0.05) is 12.1 Å². The van der Waals surface area contributed by atoms with Crippen LogP contribution in [0, 0.1) is 5.92 Å². The Hall–Kier alpha value is -1.02. The van der Waals surface area contributed by atoms with Crippen molar-refractivity contribution in [3.05, 3.63) is 29.3 Å². The van der Waals surface area contributed by atoms with Crippen molar-refractivity contribution in [2.75, 3.05) is 20.1 Å². The zero-order valence-corrected chi connectivity index (χ0v) is 11.0. The van der Waals surface area contributed by atoms with Gasteiger partial charge in [0.05, 0.1) is 0 Å². The van der Waals surface area contributed by atoms with Gasteiger partial charge < -0.3 is 10.0 Å². The van der Waals surface area contributed by atoms with Gasteiger partial charge >= 0.3 is 0 Å². The molecule has 3 aliphatic carbocycles. The summed E-state index contributed by atoms with van der Waals surface area (Å²) >= 11 is 0. The summed E-state index contributed by atoms with van der Waals surface area (Å²) in [6, 6.07) is 6.21. The van der Waals surface area contributed by atoms with Gasteiger partial charge in [0.25, 0.3) is 0 Å². The van der Waals surface area contributed by atoms with Crippen LogP contribution in [-0.4, -0.2) is 30.1 Å². The first kappa shape index (κ1) is 10.9. The second-order valence-corrected chi connectivity index (χ2v) is 6.57. The van der Waals surface area contributed by atoms with Crippen LogP contribution in [0.5, 0.6) is 5.75 Å². The van der Waals surface area contributed by atoms with Crippen molar-refractivity contribution in [3.63, 3.8) is 0 Å². The fourth-order valence-corrected chi connectivity index (χ4v) is 4.93. The third-order valence-corrected chi connectivity index (χ3v) is 5.79. The summed E-state index contributed by atoms with van der Waals surface area (Å²) in [4.78, 5) is 2.49. The highest BCUT2D eigenvalue weighted by Gasteiger charge is 2.53. The fraction of sp³-hybridized carbons (Fsp3) is 0.625. The lowest BCUT2D eigenvalue weighted by molar-refractivity contribution is 0.0460. The Morgan fingerprint density at radius 1 is 1.33 bits per heavy atom. The molecule has 0 unspecified atom stereocenters. The maximum atomic E-state index is 10.2. The van der Waals surface area contributed by atoms with Crippen LogP contribution >= 0.6 is 0 Å². The molecule has 96 valence electrons. The molecule has 2 heteroatoms. The van der Waals surface area contributed by atoms with E-state index in [1.165, 1.54) is 49.9 Å². The van der Waals surface area contributed by atoms with Crippen molar-refractivity contribution in [2.24, 2.45) is 5.92 Å². The van der Waals surface area contributed by atoms with Crippen molar-refractivity contribution < 1.29 is 5.11 Å². The van der Waals surface area contributed by atoms with E-state index in [4.69, 9.17) is 0 Å². The molecule has 1 heterocycles. The van der Waals surface area contributed by atoms with E-state index in [9.17, 15) is 5.11 Å². The average molecular weight is 243 g/mol. The Balaban J connectivity index is 1.90. The van der Waals surface area contributed by atoms with E-state index >= 15 is 0 Å². The summed E-state index contributed by atoms with van der Waals surface area (Å²) < 4.78 is 0. The number of benzene rings is 1. The van der Waals surface area contributed by atoms with Crippen molar-refractivity contribution >= 4 is 0 Å². The summed E-state index contributed by atoms with van der Waals surface area (Å²) in [6.45, 7) is 2.45. The third kappa shape index (κ3) is 1.22. The van der Waals surface area contributed by atoms with Gasteiger partial charge in [0.2, 0.25) is 0 Å². The summed E-state index contributed by atoms with van der Waals surface area (Å²) in [7, 11) is 2.25. The van der Waals surface area contributed by atoms with Gasteiger partial charge in [0.15, 0.2) is 0 Å². The molecule has 1 saturated heterocycles. The Kier molecular flexibility index (Phi) is 2.12. The Labute approximate surface area is 109 Å². The molecule has 0 amide bonds. The lowest BCUT2D eigenvalue weighted by Gasteiger charge is -2.57. The Morgan fingerprint density at radius 3 is 3.11 bits per heavy atom. The highest BCUT2D eigenvalue weighted by atomic mass is 16.3. The molecule has 1 aliphatic heterocycles. The lowest BCUT2D eigenvalue weighted by atomic mass is 9.50. The number of likely N-dealkylation sites (tertiary alicyclic amines) is 1. The molecule has 2 nitrogen and oxygen atoms in total. The minimum Gasteiger partial charge on any atom is -0.508 e. The topological polar surface area (TPSA) is 23.5 Å². The number of fused-ring (bicyclic) bond motifs is 1. The normalized spacial score (nSPS) is 38.3. The van der Waals surface area contributed by atoms with Crippen molar-refractivity contribution in [3.8, 4) is 5.75 Å². The summed E-state index contributed by atoms with van der Waals surface area (Å²) in [5.74, 6) is 1.97. The number of rotatable bonds is 0. The first-order valence-corrected chi connectivity index (χ1v) is 7.21. The predicted octanol–water partition coefficient (Wildman–Crippen LogP) is 2.86. The van der Waals surface area contributed by atoms with Crippen molar-refractivity contribution in [1.29, 1.82) is 0 Å². The fourth-order valence-electron chi connectivity index (χ4n) is 4.93. The average Bonchev–Trinajstić information content (AvgIpc) is 2.38. The largest absolute Gasteiger partial charge is 0.508 e. The molecular weight excluding hydrogens is 222 g/mol. The molecule has 1 spiro atoms. The Bertz CT molecular complexity index is 498. The second kappa shape index (κ2) is 3.51. The monoisotopic (exact) mass is 243 g/mol. The molecular formula is C16H21NO. The van der Waals surface area contributed by atoms with Gasteiger partial charge in [-0.2, -0.15) is 0 Å². The third-order valence-electron chi connectivity index (χ3n) is 5.79. The number of hydrogen-bond acceptors (Lipinski definition) is 2. The van der Waals surface area contributed by atoms with Crippen LogP contribution in [0.1, 0.15) is 42.7 Å². The molecule has 5 rings (SSSR count). The molecule has 3 atom stereocenters. The van der Waals surface area contributed by atoms with Gasteiger partial charge in [-0.05, 0) is 62.7 Å². The van der Waals surface area contributed by atoms with E-state index in [2.05, 4.69) is 18.0 Å². The van der Waals surface area contributed by atoms with Gasteiger partial charge in [-0.25, -0.2) is 0 Å². The first-order valence-electron chi connectivity index (χ1n) is 7.21. The summed E-state index contributed by atoms with van der Waals surface area (Å²) in [6.07, 6.45) is 5.18. The highest BCUT2D eigenvalue weighted by Crippen LogP contribution is 2.60. The van der Waals surface area contributed by atoms with Gasteiger partial charge in [-0.15, -0.1) is 0 Å². The van der Waals surface area contributed by atoms with Crippen molar-refractivity contribution in [1.82, 2.24) is 4.90 Å². The molecule has 2 bridgehead atoms. The van der Waals surface area contributed by atoms with E-state index < -0.39 is 0 Å². The molecule has 1 aromatic carbocycles. The highest BCUT2D eigenvalue weighted by molar-refractivity contribution is 5.50. The lowest BCUT2D eigenvalue weighted by Crippen LogP contribution is -2.54. The number of piperidine rings is 1. The smallest absolute Gasteiger partial charge is 0.119 e. The van der Waals surface area contributed by atoms with Crippen LogP contribution in [0.25, 0.3) is 0 Å². The quantitative estimate of drug-likeness (QED) is 0.757. The first-order chi connectivity index (χ1) is 8.71. The molecule has 4 aliphatic rings. The number of phenols is 1. The molecule has 0 aromatic heterocycles. The standard InChI is InChI=1S/C16H21NO/c1-17-8-7-16-6-5-11(9-12(16)10-17)15-13(16)3-2-4-14(15)18/h2-4,11-12,18H,5-10H2,1H3/t11-,12+,16-/m0/s1. The molecule has 2 fully saturated rings. The molecule has 1 aromatic rings. The number of nitrogens with zero attached hydrogens (tertiary/aromatic N) is 1. The van der Waals surface area contributed by atoms with Crippen molar-refractivity contribution in [2.45, 2.75) is 37.0 Å². The van der Waals surface area contributed by atoms with Crippen LogP contribution in [0.4, 0.5) is 0 Å². The number of aromatic hydroxyl groups is 1. The molecule has 0 radical (unpaired) electrons.